The molecule has 2 heterocycles. The van der Waals surface area contributed by atoms with E-state index in [4.69, 9.17) is 9.84 Å². The van der Waals surface area contributed by atoms with Gasteiger partial charge in [0.1, 0.15) is 12.2 Å². The third kappa shape index (κ3) is 2.02. The van der Waals surface area contributed by atoms with Gasteiger partial charge < -0.3 is 14.9 Å². The van der Waals surface area contributed by atoms with Crippen molar-refractivity contribution in [1.29, 1.82) is 0 Å². The van der Waals surface area contributed by atoms with Gasteiger partial charge in [0.25, 0.3) is 5.56 Å². The lowest BCUT2D eigenvalue weighted by atomic mass is 10.1. The third-order valence-corrected chi connectivity index (χ3v) is 2.60. The molecule has 0 unspecified atom stereocenters. The molecule has 94 valence electrons. The van der Waals surface area contributed by atoms with E-state index < -0.39 is 42.5 Å². The van der Waals surface area contributed by atoms with E-state index >= 15 is 0 Å². The van der Waals surface area contributed by atoms with Crippen LogP contribution >= 0.6 is 0 Å². The predicted octanol–water partition coefficient (Wildman–Crippen LogP) is -1.87. The second kappa shape index (κ2) is 4.40. The van der Waals surface area contributed by atoms with E-state index in [2.05, 4.69) is 0 Å². The van der Waals surface area contributed by atoms with Crippen molar-refractivity contribution in [3.8, 4) is 0 Å². The maximum absolute atomic E-state index is 13.6. The number of nitrogens with one attached hydrogen (secondary N) is 1. The number of H-pyrrole nitrogens is 1. The Balaban J connectivity index is 2.35. The maximum Gasteiger partial charge on any atom is 0.330 e. The molecule has 1 fully saturated rings. The van der Waals surface area contributed by atoms with Gasteiger partial charge in [0.05, 0.1) is 6.61 Å². The molecule has 1 aliphatic rings. The van der Waals surface area contributed by atoms with Crippen LogP contribution < -0.4 is 11.2 Å². The van der Waals surface area contributed by atoms with Crippen LogP contribution in [-0.2, 0) is 4.74 Å². The molecule has 0 spiro atoms. The molecule has 0 amide bonds. The van der Waals surface area contributed by atoms with E-state index in [1.807, 2.05) is 4.98 Å². The van der Waals surface area contributed by atoms with Crippen molar-refractivity contribution in [1.82, 2.24) is 9.55 Å². The minimum atomic E-state index is -1.85. The molecule has 7 nitrogen and oxygen atoms in total. The van der Waals surface area contributed by atoms with Crippen LogP contribution in [-0.4, -0.2) is 44.8 Å². The van der Waals surface area contributed by atoms with Crippen molar-refractivity contribution in [3.05, 3.63) is 33.1 Å². The van der Waals surface area contributed by atoms with Gasteiger partial charge in [0.2, 0.25) is 0 Å². The number of aliphatic hydroxyl groups is 2. The minimum Gasteiger partial charge on any atom is -0.394 e. The Kier molecular flexibility index (Phi) is 3.09. The first-order valence-electron chi connectivity index (χ1n) is 4.94. The topological polar surface area (TPSA) is 105 Å². The summed E-state index contributed by atoms with van der Waals surface area (Å²) in [7, 11) is 0. The molecule has 0 bridgehead atoms. The average molecular weight is 246 g/mol. The van der Waals surface area contributed by atoms with Crippen molar-refractivity contribution < 1.29 is 19.3 Å². The molecule has 8 heteroatoms. The van der Waals surface area contributed by atoms with Crippen LogP contribution in [0.2, 0.25) is 0 Å². The van der Waals surface area contributed by atoms with Gasteiger partial charge in [0.15, 0.2) is 12.4 Å². The number of nitrogens with zero attached hydrogens (tertiary/aromatic N) is 1. The molecule has 0 aromatic carbocycles. The van der Waals surface area contributed by atoms with Crippen molar-refractivity contribution in [2.45, 2.75) is 24.6 Å². The molecular weight excluding hydrogens is 235 g/mol. The summed E-state index contributed by atoms with van der Waals surface area (Å²) in [6.45, 7) is -0.559. The van der Waals surface area contributed by atoms with Crippen LogP contribution in [0.15, 0.2) is 21.9 Å². The second-order valence-electron chi connectivity index (χ2n) is 3.70. The zero-order chi connectivity index (χ0) is 12.6. The van der Waals surface area contributed by atoms with E-state index in [-0.39, 0.29) is 0 Å². The molecule has 4 atom stereocenters. The number of rotatable bonds is 2. The number of aliphatic hydroxyl groups excluding tert-OH is 2. The lowest BCUT2D eigenvalue weighted by Crippen LogP contribution is -2.35. The fourth-order valence-electron chi connectivity index (χ4n) is 1.71. The van der Waals surface area contributed by atoms with Gasteiger partial charge in [-0.2, -0.15) is 0 Å². The SMILES string of the molecule is O=c1ccn([C@H]2O[C@@H](CO)[C@H](O)[C@H]2F)c(=O)[nH]1. The van der Waals surface area contributed by atoms with E-state index in [0.717, 1.165) is 16.8 Å². The molecule has 0 radical (unpaired) electrons. The van der Waals surface area contributed by atoms with Crippen LogP contribution in [0, 0.1) is 0 Å². The van der Waals surface area contributed by atoms with Crippen LogP contribution in [0.1, 0.15) is 6.23 Å². The monoisotopic (exact) mass is 246 g/mol. The lowest BCUT2D eigenvalue weighted by Gasteiger charge is -2.15. The predicted molar refractivity (Wildman–Crippen MR) is 53.2 cm³/mol. The fourth-order valence-corrected chi connectivity index (χ4v) is 1.71. The highest BCUT2D eigenvalue weighted by molar-refractivity contribution is 4.93. The number of hydrogen-bond acceptors (Lipinski definition) is 5. The molecule has 1 saturated heterocycles. The van der Waals surface area contributed by atoms with Crippen molar-refractivity contribution in [3.63, 3.8) is 0 Å². The summed E-state index contributed by atoms with van der Waals surface area (Å²) in [6.07, 6.45) is -4.73. The normalized spacial score (nSPS) is 32.9. The Labute approximate surface area is 94.1 Å². The first-order chi connectivity index (χ1) is 8.04. The van der Waals surface area contributed by atoms with Crippen molar-refractivity contribution in [2.24, 2.45) is 0 Å². The van der Waals surface area contributed by atoms with Gasteiger partial charge in [-0.15, -0.1) is 0 Å². The quantitative estimate of drug-likeness (QED) is 0.567. The van der Waals surface area contributed by atoms with Crippen molar-refractivity contribution in [2.75, 3.05) is 6.61 Å². The summed E-state index contributed by atoms with van der Waals surface area (Å²) in [6, 6.07) is 1.04. The number of ether oxygens (including phenoxy) is 1. The fraction of sp³-hybridized carbons (Fsp3) is 0.556. The van der Waals surface area contributed by atoms with Gasteiger partial charge in [-0.3, -0.25) is 14.3 Å². The summed E-state index contributed by atoms with van der Waals surface area (Å²) in [5, 5.41) is 18.2. The van der Waals surface area contributed by atoms with E-state index in [1.54, 1.807) is 0 Å². The molecule has 1 aliphatic heterocycles. The Bertz CT molecular complexity index is 513. The molecule has 0 aliphatic carbocycles. The number of alkyl halides is 1. The van der Waals surface area contributed by atoms with E-state index in [0.29, 0.717) is 0 Å². The molecule has 17 heavy (non-hydrogen) atoms. The molecular formula is C9H11FN2O5. The highest BCUT2D eigenvalue weighted by atomic mass is 19.1. The lowest BCUT2D eigenvalue weighted by molar-refractivity contribution is -0.0491. The van der Waals surface area contributed by atoms with E-state index in [1.165, 1.54) is 0 Å². The van der Waals surface area contributed by atoms with Gasteiger partial charge in [-0.05, 0) is 0 Å². The Morgan fingerprint density at radius 3 is 2.76 bits per heavy atom. The van der Waals surface area contributed by atoms with E-state index in [9.17, 15) is 19.1 Å². The largest absolute Gasteiger partial charge is 0.394 e. The van der Waals surface area contributed by atoms with Gasteiger partial charge in [-0.1, -0.05) is 0 Å². The second-order valence-corrected chi connectivity index (χ2v) is 3.70. The zero-order valence-electron chi connectivity index (χ0n) is 8.62. The molecule has 1 aromatic rings. The maximum atomic E-state index is 13.6. The molecule has 0 saturated carbocycles. The zero-order valence-corrected chi connectivity index (χ0v) is 8.62. The number of aromatic nitrogens is 2. The van der Waals surface area contributed by atoms with Gasteiger partial charge in [0, 0.05) is 12.3 Å². The van der Waals surface area contributed by atoms with Crippen molar-refractivity contribution >= 4 is 0 Å². The summed E-state index contributed by atoms with van der Waals surface area (Å²) >= 11 is 0. The highest BCUT2D eigenvalue weighted by Crippen LogP contribution is 2.30. The Hall–Kier alpha value is -1.51. The summed E-state index contributed by atoms with van der Waals surface area (Å²) in [5.41, 5.74) is -1.45. The molecule has 1 aromatic heterocycles. The Morgan fingerprint density at radius 1 is 1.53 bits per heavy atom. The van der Waals surface area contributed by atoms with Crippen LogP contribution in [0.5, 0.6) is 0 Å². The summed E-state index contributed by atoms with van der Waals surface area (Å²) in [5.74, 6) is 0. The number of aromatic amines is 1. The minimum absolute atomic E-state index is 0.559. The van der Waals surface area contributed by atoms with Gasteiger partial charge >= 0.3 is 5.69 Å². The van der Waals surface area contributed by atoms with Crippen LogP contribution in [0.4, 0.5) is 4.39 Å². The number of hydrogen-bond donors (Lipinski definition) is 3. The summed E-state index contributed by atoms with van der Waals surface area (Å²) < 4.78 is 19.5. The first-order valence-corrected chi connectivity index (χ1v) is 4.94. The molecule has 3 N–H and O–H groups in total. The smallest absolute Gasteiger partial charge is 0.330 e. The number of halogens is 1. The van der Waals surface area contributed by atoms with Gasteiger partial charge in [-0.25, -0.2) is 9.18 Å². The Morgan fingerprint density at radius 2 is 2.24 bits per heavy atom. The molecule has 2 rings (SSSR count). The standard InChI is InChI=1S/C9H11FN2O5/c10-6-7(15)4(3-13)17-8(6)12-2-1-5(14)11-9(12)16/h1-2,4,6-8,13,15H,3H2,(H,11,14,16)/t4-,6+,7-,8-/m0/s1. The first kappa shape index (κ1) is 12.0. The van der Waals surface area contributed by atoms with Crippen LogP contribution in [0.25, 0.3) is 0 Å². The average Bonchev–Trinajstić information content (AvgIpc) is 2.57. The van der Waals surface area contributed by atoms with Crippen LogP contribution in [0.3, 0.4) is 0 Å². The summed E-state index contributed by atoms with van der Waals surface area (Å²) in [4.78, 5) is 24.2. The highest BCUT2D eigenvalue weighted by Gasteiger charge is 2.45. The third-order valence-electron chi connectivity index (χ3n) is 2.60.